The lowest BCUT2D eigenvalue weighted by Gasteiger charge is -2.40. The third kappa shape index (κ3) is 7.28. The van der Waals surface area contributed by atoms with Gasteiger partial charge < -0.3 is 25.2 Å². The molecule has 10 nitrogen and oxygen atoms in total. The second kappa shape index (κ2) is 12.4. The Balaban J connectivity index is 1.59. The van der Waals surface area contributed by atoms with Crippen molar-refractivity contribution >= 4 is 23.7 Å². The number of benzene rings is 1. The van der Waals surface area contributed by atoms with E-state index in [4.69, 9.17) is 14.6 Å². The average molecular weight is 601 g/mol. The molecule has 228 valence electrons. The van der Waals surface area contributed by atoms with E-state index in [9.17, 15) is 27.6 Å². The number of amides is 2. The summed E-state index contributed by atoms with van der Waals surface area (Å²) in [5.74, 6) is -6.31. The number of aromatic carboxylic acids is 1. The summed E-state index contributed by atoms with van der Waals surface area (Å²) in [4.78, 5) is 44.7. The Hall–Kier alpha value is -4.52. The zero-order valence-corrected chi connectivity index (χ0v) is 24.1. The van der Waals surface area contributed by atoms with Gasteiger partial charge in [-0.15, -0.1) is 0 Å². The molecule has 1 saturated heterocycles. The van der Waals surface area contributed by atoms with Crippen LogP contribution in [0.25, 0.3) is 11.3 Å². The molecule has 3 aromatic rings. The molecule has 2 aromatic heterocycles. The quantitative estimate of drug-likeness (QED) is 0.318. The molecule has 4 unspecified atom stereocenters. The van der Waals surface area contributed by atoms with Crippen molar-refractivity contribution in [2.24, 2.45) is 5.92 Å². The van der Waals surface area contributed by atoms with Crippen molar-refractivity contribution in [3.8, 4) is 11.3 Å². The molecule has 1 aliphatic rings. The first-order valence-corrected chi connectivity index (χ1v) is 13.4. The summed E-state index contributed by atoms with van der Waals surface area (Å²) in [6.45, 7) is 9.09. The van der Waals surface area contributed by atoms with Crippen LogP contribution in [0.3, 0.4) is 0 Å². The molecule has 0 saturated carbocycles. The molecule has 3 N–H and O–H groups in total. The molecule has 3 heterocycles. The molecule has 43 heavy (non-hydrogen) atoms. The maximum atomic E-state index is 14.7. The number of carboxylic acids is 1. The first-order chi connectivity index (χ1) is 20.1. The van der Waals surface area contributed by atoms with E-state index >= 15 is 0 Å². The number of ether oxygens (including phenoxy) is 2. The molecular formula is C30H31F3N4O6. The van der Waals surface area contributed by atoms with E-state index < -0.39 is 63.9 Å². The van der Waals surface area contributed by atoms with Crippen LogP contribution >= 0.6 is 0 Å². The highest BCUT2D eigenvalue weighted by Gasteiger charge is 2.37. The minimum Gasteiger partial charge on any atom is -0.478 e. The molecule has 13 heteroatoms. The van der Waals surface area contributed by atoms with Gasteiger partial charge in [0.1, 0.15) is 34.4 Å². The number of hydrogen-bond acceptors (Lipinski definition) is 7. The first kappa shape index (κ1) is 31.4. The van der Waals surface area contributed by atoms with Gasteiger partial charge in [0, 0.05) is 23.7 Å². The zero-order valence-electron chi connectivity index (χ0n) is 24.1. The van der Waals surface area contributed by atoms with E-state index in [1.807, 2.05) is 13.8 Å². The largest absolute Gasteiger partial charge is 0.478 e. The van der Waals surface area contributed by atoms with Crippen LogP contribution in [0.15, 0.2) is 42.7 Å². The minimum atomic E-state index is -1.57. The summed E-state index contributed by atoms with van der Waals surface area (Å²) in [5, 5.41) is 14.6. The van der Waals surface area contributed by atoms with Gasteiger partial charge in [-0.05, 0) is 64.4 Å². The second-order valence-corrected chi connectivity index (χ2v) is 11.2. The number of rotatable bonds is 6. The number of halogens is 3. The SMILES string of the molecule is CC1OC(c2ccncc2NC(=O)c2ccc(F)c(-c3c(F)cc(C(=O)O)cc3F)n2)CC(NC(=O)OC(C)(C)C)C1C. The fourth-order valence-electron chi connectivity index (χ4n) is 4.70. The average Bonchev–Trinajstić information content (AvgIpc) is 2.90. The Morgan fingerprint density at radius 2 is 1.72 bits per heavy atom. The summed E-state index contributed by atoms with van der Waals surface area (Å²) >= 11 is 0. The summed E-state index contributed by atoms with van der Waals surface area (Å²) < 4.78 is 55.6. The van der Waals surface area contributed by atoms with Crippen molar-refractivity contribution < 1.29 is 42.1 Å². The molecule has 4 rings (SSSR count). The van der Waals surface area contributed by atoms with Crippen molar-refractivity contribution in [1.82, 2.24) is 15.3 Å². The topological polar surface area (TPSA) is 140 Å². The van der Waals surface area contributed by atoms with Gasteiger partial charge in [0.2, 0.25) is 0 Å². The highest BCUT2D eigenvalue weighted by molar-refractivity contribution is 6.03. The standard InChI is InChI=1S/C30H31F3N4O6/c1-14-15(2)42-24(12-22(14)37-29(41)43-30(3,4)5)17-8-9-34-13-23(17)36-27(38)21-7-6-18(31)26(35-21)25-19(32)10-16(28(39)40)11-20(25)33/h6-11,13-15,22,24H,12H2,1-5H3,(H,36,38)(H,37,41)(H,39,40). The molecule has 0 radical (unpaired) electrons. The number of carboxylic acid groups (broad SMARTS) is 1. The van der Waals surface area contributed by atoms with Gasteiger partial charge in [0.25, 0.3) is 5.91 Å². The van der Waals surface area contributed by atoms with Gasteiger partial charge in [0.15, 0.2) is 0 Å². The van der Waals surface area contributed by atoms with Crippen LogP contribution in [0.2, 0.25) is 0 Å². The van der Waals surface area contributed by atoms with Crippen LogP contribution in [0.4, 0.5) is 23.7 Å². The van der Waals surface area contributed by atoms with E-state index in [1.54, 1.807) is 26.8 Å². The number of nitrogens with one attached hydrogen (secondary N) is 2. The first-order valence-electron chi connectivity index (χ1n) is 13.4. The van der Waals surface area contributed by atoms with Gasteiger partial charge >= 0.3 is 12.1 Å². The molecule has 0 bridgehead atoms. The number of anilines is 1. The van der Waals surface area contributed by atoms with Gasteiger partial charge in [-0.2, -0.15) is 0 Å². The summed E-state index contributed by atoms with van der Waals surface area (Å²) in [5.41, 5.74) is -2.66. The van der Waals surface area contributed by atoms with Crippen molar-refractivity contribution in [3.05, 3.63) is 77.0 Å². The van der Waals surface area contributed by atoms with E-state index in [0.29, 0.717) is 24.1 Å². The van der Waals surface area contributed by atoms with E-state index in [1.165, 1.54) is 12.4 Å². The van der Waals surface area contributed by atoms with Crippen LogP contribution in [0.5, 0.6) is 0 Å². The lowest BCUT2D eigenvalue weighted by atomic mass is 9.86. The number of carbonyl (C=O) groups is 3. The maximum Gasteiger partial charge on any atom is 0.407 e. The van der Waals surface area contributed by atoms with Crippen molar-refractivity contribution in [1.29, 1.82) is 0 Å². The van der Waals surface area contributed by atoms with Crippen molar-refractivity contribution in [3.63, 3.8) is 0 Å². The summed E-state index contributed by atoms with van der Waals surface area (Å²) in [6.07, 6.45) is 1.81. The molecule has 1 fully saturated rings. The minimum absolute atomic E-state index is 0.0594. The summed E-state index contributed by atoms with van der Waals surface area (Å²) in [6, 6.07) is 4.25. The second-order valence-electron chi connectivity index (χ2n) is 11.2. The van der Waals surface area contributed by atoms with Gasteiger partial charge in [-0.25, -0.2) is 27.7 Å². The van der Waals surface area contributed by atoms with Crippen LogP contribution < -0.4 is 10.6 Å². The molecule has 2 amide bonds. The number of hydrogen-bond donors (Lipinski definition) is 3. The third-order valence-electron chi connectivity index (χ3n) is 6.98. The Morgan fingerprint density at radius 3 is 2.35 bits per heavy atom. The highest BCUT2D eigenvalue weighted by atomic mass is 19.1. The van der Waals surface area contributed by atoms with Crippen molar-refractivity contribution in [2.45, 2.75) is 64.9 Å². The predicted molar refractivity (Wildman–Crippen MR) is 149 cm³/mol. The lowest BCUT2D eigenvalue weighted by Crippen LogP contribution is -2.49. The smallest absolute Gasteiger partial charge is 0.407 e. The van der Waals surface area contributed by atoms with Gasteiger partial charge in [-0.1, -0.05) is 6.92 Å². The Bertz CT molecular complexity index is 1540. The fourth-order valence-corrected chi connectivity index (χ4v) is 4.70. The molecule has 1 aromatic carbocycles. The third-order valence-corrected chi connectivity index (χ3v) is 6.98. The molecular weight excluding hydrogens is 569 g/mol. The number of nitrogens with zero attached hydrogens (tertiary/aromatic N) is 2. The maximum absolute atomic E-state index is 14.7. The van der Waals surface area contributed by atoms with Crippen LogP contribution in [-0.4, -0.2) is 50.8 Å². The van der Waals surface area contributed by atoms with Crippen molar-refractivity contribution in [2.75, 3.05) is 5.32 Å². The molecule has 0 aliphatic carbocycles. The van der Waals surface area contributed by atoms with E-state index in [0.717, 1.165) is 12.1 Å². The van der Waals surface area contributed by atoms with Gasteiger partial charge in [-0.3, -0.25) is 9.78 Å². The fraction of sp³-hybridized carbons (Fsp3) is 0.367. The zero-order chi connectivity index (χ0) is 31.6. The van der Waals surface area contributed by atoms with Crippen LogP contribution in [0.1, 0.15) is 73.6 Å². The number of aromatic nitrogens is 2. The van der Waals surface area contributed by atoms with Crippen LogP contribution in [-0.2, 0) is 9.47 Å². The Kier molecular flexibility index (Phi) is 9.04. The van der Waals surface area contributed by atoms with E-state index in [2.05, 4.69) is 20.6 Å². The Labute approximate surface area is 245 Å². The van der Waals surface area contributed by atoms with E-state index in [-0.39, 0.29) is 29.4 Å². The molecule has 1 aliphatic heterocycles. The predicted octanol–water partition coefficient (Wildman–Crippen LogP) is 5.89. The molecule has 0 spiro atoms. The van der Waals surface area contributed by atoms with Gasteiger partial charge in [0.05, 0.1) is 35.2 Å². The number of alkyl carbamates (subject to hydrolysis) is 1. The normalized spacial score (nSPS) is 20.3. The van der Waals surface area contributed by atoms with Crippen LogP contribution in [0, 0.1) is 23.4 Å². The highest BCUT2D eigenvalue weighted by Crippen LogP contribution is 2.38. The monoisotopic (exact) mass is 600 g/mol. The number of carbonyl (C=O) groups excluding carboxylic acids is 2. The molecule has 4 atom stereocenters. The summed E-state index contributed by atoms with van der Waals surface area (Å²) in [7, 11) is 0. The number of pyridine rings is 2. The lowest BCUT2D eigenvalue weighted by molar-refractivity contribution is -0.0851. The Morgan fingerprint density at radius 1 is 1.05 bits per heavy atom.